The van der Waals surface area contributed by atoms with Gasteiger partial charge >= 0.3 is 0 Å². The molecule has 0 aliphatic heterocycles. The van der Waals surface area contributed by atoms with E-state index in [0.717, 1.165) is 18.8 Å². The number of hydrogen-bond donors (Lipinski definition) is 1. The molecular formula is C13H18N2OS. The van der Waals surface area contributed by atoms with Crippen LogP contribution >= 0.6 is 11.8 Å². The topological polar surface area (TPSA) is 45.0 Å². The standard InChI is InChI=1S/C13H18N2OS/c1-17-9-3-7-15-11-12-4-2-5-13(10-12)16-8-6-14/h2,4-5,10,15H,3,7-9,11H2,1H3. The lowest BCUT2D eigenvalue weighted by Crippen LogP contribution is -2.15. The number of hydrogen-bond acceptors (Lipinski definition) is 4. The first-order chi connectivity index (χ1) is 8.36. The lowest BCUT2D eigenvalue weighted by atomic mass is 10.2. The molecule has 0 spiro atoms. The average molecular weight is 250 g/mol. The molecule has 0 aliphatic carbocycles. The Labute approximate surface area is 107 Å². The maximum absolute atomic E-state index is 8.43. The van der Waals surface area contributed by atoms with E-state index in [1.807, 2.05) is 36.0 Å². The summed E-state index contributed by atoms with van der Waals surface area (Å²) in [6.07, 6.45) is 3.31. The van der Waals surface area contributed by atoms with Crippen LogP contribution in [-0.2, 0) is 6.54 Å². The molecule has 17 heavy (non-hydrogen) atoms. The van der Waals surface area contributed by atoms with Gasteiger partial charge in [-0.2, -0.15) is 17.0 Å². The molecule has 1 rings (SSSR count). The zero-order valence-electron chi connectivity index (χ0n) is 10.1. The maximum Gasteiger partial charge on any atom is 0.174 e. The van der Waals surface area contributed by atoms with Crippen LogP contribution < -0.4 is 10.1 Å². The number of nitriles is 1. The second-order valence-electron chi connectivity index (χ2n) is 3.62. The van der Waals surface area contributed by atoms with Crippen molar-refractivity contribution in [3.05, 3.63) is 29.8 Å². The van der Waals surface area contributed by atoms with E-state index in [1.165, 1.54) is 17.7 Å². The third kappa shape index (κ3) is 6.20. The highest BCUT2D eigenvalue weighted by Crippen LogP contribution is 2.12. The maximum atomic E-state index is 8.43. The normalized spacial score (nSPS) is 9.88. The molecule has 0 bridgehead atoms. The monoisotopic (exact) mass is 250 g/mol. The molecule has 92 valence electrons. The molecule has 0 aromatic heterocycles. The lowest BCUT2D eigenvalue weighted by Gasteiger charge is -2.06. The molecule has 0 heterocycles. The Hall–Kier alpha value is -1.18. The van der Waals surface area contributed by atoms with Gasteiger partial charge in [-0.15, -0.1) is 0 Å². The average Bonchev–Trinajstić information content (AvgIpc) is 2.37. The fourth-order valence-corrected chi connectivity index (χ4v) is 1.87. The van der Waals surface area contributed by atoms with Gasteiger partial charge in [-0.25, -0.2) is 0 Å². The minimum Gasteiger partial charge on any atom is -0.479 e. The van der Waals surface area contributed by atoms with Crippen LogP contribution in [0.1, 0.15) is 12.0 Å². The minimum absolute atomic E-state index is 0.102. The highest BCUT2D eigenvalue weighted by Gasteiger charge is 1.96. The van der Waals surface area contributed by atoms with Crippen LogP contribution in [0.2, 0.25) is 0 Å². The molecule has 0 fully saturated rings. The van der Waals surface area contributed by atoms with Gasteiger partial charge in [-0.3, -0.25) is 0 Å². The van der Waals surface area contributed by atoms with Crippen LogP contribution in [-0.4, -0.2) is 25.2 Å². The molecule has 0 atom stereocenters. The molecule has 0 saturated carbocycles. The molecular weight excluding hydrogens is 232 g/mol. The Morgan fingerprint density at radius 1 is 1.47 bits per heavy atom. The van der Waals surface area contributed by atoms with Crippen molar-refractivity contribution in [1.29, 1.82) is 5.26 Å². The first-order valence-electron chi connectivity index (χ1n) is 5.65. The summed E-state index contributed by atoms with van der Waals surface area (Å²) < 4.78 is 5.25. The smallest absolute Gasteiger partial charge is 0.174 e. The summed E-state index contributed by atoms with van der Waals surface area (Å²) in [7, 11) is 0. The summed E-state index contributed by atoms with van der Waals surface area (Å²) in [5.74, 6) is 1.95. The first kappa shape index (κ1) is 13.9. The van der Waals surface area contributed by atoms with Gasteiger partial charge in [0.1, 0.15) is 11.8 Å². The van der Waals surface area contributed by atoms with Crippen LogP contribution in [0.4, 0.5) is 0 Å². The predicted molar refractivity (Wildman–Crippen MR) is 72.3 cm³/mol. The van der Waals surface area contributed by atoms with E-state index in [9.17, 15) is 0 Å². The highest BCUT2D eigenvalue weighted by molar-refractivity contribution is 7.98. The van der Waals surface area contributed by atoms with E-state index in [4.69, 9.17) is 10.00 Å². The summed E-state index contributed by atoms with van der Waals surface area (Å²) >= 11 is 1.87. The van der Waals surface area contributed by atoms with Gasteiger partial charge in [0.05, 0.1) is 0 Å². The Kier molecular flexibility index (Phi) is 7.28. The molecule has 0 amide bonds. The van der Waals surface area contributed by atoms with Crippen molar-refractivity contribution in [3.63, 3.8) is 0 Å². The predicted octanol–water partition coefficient (Wildman–Crippen LogP) is 2.43. The van der Waals surface area contributed by atoms with E-state index in [1.54, 1.807) is 0 Å². The molecule has 0 aliphatic rings. The largest absolute Gasteiger partial charge is 0.479 e. The van der Waals surface area contributed by atoms with Crippen molar-refractivity contribution in [1.82, 2.24) is 5.32 Å². The molecule has 0 saturated heterocycles. The molecule has 1 aromatic carbocycles. The van der Waals surface area contributed by atoms with Crippen molar-refractivity contribution in [2.24, 2.45) is 0 Å². The molecule has 1 aromatic rings. The van der Waals surface area contributed by atoms with Gasteiger partial charge in [-0.05, 0) is 42.7 Å². The second-order valence-corrected chi connectivity index (χ2v) is 4.60. The van der Waals surface area contributed by atoms with E-state index in [2.05, 4.69) is 17.6 Å². The Balaban J connectivity index is 2.30. The van der Waals surface area contributed by atoms with Crippen molar-refractivity contribution < 1.29 is 4.74 Å². The number of nitrogens with zero attached hydrogens (tertiary/aromatic N) is 1. The number of rotatable bonds is 8. The zero-order valence-corrected chi connectivity index (χ0v) is 10.9. The number of benzene rings is 1. The van der Waals surface area contributed by atoms with Crippen molar-refractivity contribution in [3.8, 4) is 11.8 Å². The summed E-state index contributed by atoms with van der Waals surface area (Å²) in [6.45, 7) is 1.98. The Morgan fingerprint density at radius 3 is 3.12 bits per heavy atom. The van der Waals surface area contributed by atoms with Gasteiger partial charge in [-0.1, -0.05) is 12.1 Å². The van der Waals surface area contributed by atoms with Gasteiger partial charge in [0.15, 0.2) is 6.61 Å². The third-order valence-electron chi connectivity index (χ3n) is 2.23. The summed E-state index contributed by atoms with van der Waals surface area (Å²) in [6, 6.07) is 9.81. The van der Waals surface area contributed by atoms with Gasteiger partial charge in [0, 0.05) is 6.54 Å². The summed E-state index contributed by atoms with van der Waals surface area (Å²) in [4.78, 5) is 0. The minimum atomic E-state index is 0.102. The van der Waals surface area contributed by atoms with Crippen LogP contribution in [0.5, 0.6) is 5.75 Å². The van der Waals surface area contributed by atoms with Crippen molar-refractivity contribution in [2.75, 3.05) is 25.2 Å². The fraction of sp³-hybridized carbons (Fsp3) is 0.462. The van der Waals surface area contributed by atoms with Crippen LogP contribution in [0.3, 0.4) is 0 Å². The lowest BCUT2D eigenvalue weighted by molar-refractivity contribution is 0.367. The molecule has 0 unspecified atom stereocenters. The van der Waals surface area contributed by atoms with Crippen molar-refractivity contribution >= 4 is 11.8 Å². The number of thioether (sulfide) groups is 1. The van der Waals surface area contributed by atoms with Gasteiger partial charge in [0.2, 0.25) is 0 Å². The Morgan fingerprint density at radius 2 is 2.35 bits per heavy atom. The van der Waals surface area contributed by atoms with Crippen LogP contribution in [0.15, 0.2) is 24.3 Å². The summed E-state index contributed by atoms with van der Waals surface area (Å²) in [5, 5.41) is 11.8. The zero-order chi connectivity index (χ0) is 12.3. The third-order valence-corrected chi connectivity index (χ3v) is 2.93. The highest BCUT2D eigenvalue weighted by atomic mass is 32.2. The summed E-state index contributed by atoms with van der Waals surface area (Å²) in [5.41, 5.74) is 1.18. The molecule has 0 radical (unpaired) electrons. The second kappa shape index (κ2) is 8.91. The molecule has 4 heteroatoms. The fourth-order valence-electron chi connectivity index (χ4n) is 1.44. The van der Waals surface area contributed by atoms with Crippen molar-refractivity contribution in [2.45, 2.75) is 13.0 Å². The molecule has 1 N–H and O–H groups in total. The first-order valence-corrected chi connectivity index (χ1v) is 7.04. The number of nitrogens with one attached hydrogen (secondary N) is 1. The van der Waals surface area contributed by atoms with E-state index >= 15 is 0 Å². The van der Waals surface area contributed by atoms with Crippen LogP contribution in [0.25, 0.3) is 0 Å². The van der Waals surface area contributed by atoms with Crippen LogP contribution in [0, 0.1) is 11.3 Å². The number of ether oxygens (including phenoxy) is 1. The van der Waals surface area contributed by atoms with Gasteiger partial charge < -0.3 is 10.1 Å². The van der Waals surface area contributed by atoms with E-state index < -0.39 is 0 Å². The SMILES string of the molecule is CSCCCNCc1cccc(OCC#N)c1. The Bertz CT molecular complexity index is 363. The van der Waals surface area contributed by atoms with E-state index in [0.29, 0.717) is 0 Å². The quantitative estimate of drug-likeness (QED) is 0.720. The van der Waals surface area contributed by atoms with Gasteiger partial charge in [0.25, 0.3) is 0 Å². The van der Waals surface area contributed by atoms with E-state index in [-0.39, 0.29) is 6.61 Å². The molecule has 3 nitrogen and oxygen atoms in total.